The van der Waals surface area contributed by atoms with Crippen LogP contribution in [0.25, 0.3) is 0 Å². The topological polar surface area (TPSA) is 83.8 Å². The van der Waals surface area contributed by atoms with E-state index >= 15 is 0 Å². The molecule has 2 atom stereocenters. The molecule has 0 aliphatic heterocycles. The zero-order valence-corrected chi connectivity index (χ0v) is 27.2. The van der Waals surface area contributed by atoms with Crippen molar-refractivity contribution in [2.75, 3.05) is 0 Å². The Hall–Kier alpha value is -1.36. The van der Waals surface area contributed by atoms with Crippen molar-refractivity contribution in [1.82, 2.24) is 0 Å². The van der Waals surface area contributed by atoms with Gasteiger partial charge in [0.25, 0.3) is 0 Å². The summed E-state index contributed by atoms with van der Waals surface area (Å²) >= 11 is 0. The molecule has 0 heterocycles. The zero-order chi connectivity index (χ0) is 30.2. The SMILES string of the molecule is CCCCCCC(O)CCCCCCCCCCC(=O)O[C@@H](CC=CCCCCCCCC(=O)O)CCCCCC. The molecule has 242 valence electrons. The summed E-state index contributed by atoms with van der Waals surface area (Å²) in [5.41, 5.74) is 0. The van der Waals surface area contributed by atoms with E-state index in [1.807, 2.05) is 0 Å². The normalized spacial score (nSPS) is 13.0. The van der Waals surface area contributed by atoms with Crippen molar-refractivity contribution in [1.29, 1.82) is 0 Å². The van der Waals surface area contributed by atoms with Gasteiger partial charge in [0.2, 0.25) is 0 Å². The first-order valence-electron chi connectivity index (χ1n) is 17.7. The van der Waals surface area contributed by atoms with Gasteiger partial charge in [0.15, 0.2) is 0 Å². The molecule has 0 fully saturated rings. The van der Waals surface area contributed by atoms with Crippen LogP contribution in [0.15, 0.2) is 12.2 Å². The Kier molecular flexibility index (Phi) is 30.5. The number of carboxylic acids is 1. The molecule has 0 rings (SSSR count). The van der Waals surface area contributed by atoms with Crippen LogP contribution in [0, 0.1) is 0 Å². The average Bonchev–Trinajstić information content (AvgIpc) is 2.95. The van der Waals surface area contributed by atoms with Crippen LogP contribution in [0.4, 0.5) is 0 Å². The number of hydrogen-bond acceptors (Lipinski definition) is 4. The quantitative estimate of drug-likeness (QED) is 0.0469. The van der Waals surface area contributed by atoms with E-state index in [2.05, 4.69) is 26.0 Å². The lowest BCUT2D eigenvalue weighted by molar-refractivity contribution is -0.149. The third kappa shape index (κ3) is 31.4. The number of esters is 1. The summed E-state index contributed by atoms with van der Waals surface area (Å²) in [5, 5.41) is 18.8. The summed E-state index contributed by atoms with van der Waals surface area (Å²) < 4.78 is 5.89. The van der Waals surface area contributed by atoms with Crippen LogP contribution in [-0.2, 0) is 14.3 Å². The molecular weight excluding hydrogens is 512 g/mol. The molecule has 2 N–H and O–H groups in total. The fourth-order valence-electron chi connectivity index (χ4n) is 5.36. The van der Waals surface area contributed by atoms with Gasteiger partial charge in [-0.2, -0.15) is 0 Å². The Morgan fingerprint density at radius 2 is 1.05 bits per heavy atom. The summed E-state index contributed by atoms with van der Waals surface area (Å²) in [4.78, 5) is 23.1. The van der Waals surface area contributed by atoms with E-state index in [0.717, 1.165) is 89.9 Å². The number of aliphatic hydroxyl groups excluding tert-OH is 1. The second-order valence-corrected chi connectivity index (χ2v) is 12.2. The van der Waals surface area contributed by atoms with Crippen LogP contribution in [0.5, 0.6) is 0 Å². The van der Waals surface area contributed by atoms with E-state index in [1.165, 1.54) is 77.0 Å². The third-order valence-electron chi connectivity index (χ3n) is 8.06. The highest BCUT2D eigenvalue weighted by atomic mass is 16.5. The highest BCUT2D eigenvalue weighted by Gasteiger charge is 2.13. The maximum Gasteiger partial charge on any atom is 0.306 e. The summed E-state index contributed by atoms with van der Waals surface area (Å²) in [6, 6.07) is 0. The first-order valence-corrected chi connectivity index (χ1v) is 17.7. The van der Waals surface area contributed by atoms with E-state index in [-0.39, 0.29) is 24.6 Å². The van der Waals surface area contributed by atoms with E-state index in [0.29, 0.717) is 6.42 Å². The minimum atomic E-state index is -0.698. The van der Waals surface area contributed by atoms with Crippen LogP contribution in [0.2, 0.25) is 0 Å². The second kappa shape index (κ2) is 31.6. The van der Waals surface area contributed by atoms with Gasteiger partial charge >= 0.3 is 11.9 Å². The number of allylic oxidation sites excluding steroid dienone is 1. The van der Waals surface area contributed by atoms with Gasteiger partial charge in [-0.15, -0.1) is 0 Å². The molecule has 0 aliphatic rings. The molecule has 5 nitrogen and oxygen atoms in total. The lowest BCUT2D eigenvalue weighted by Gasteiger charge is -2.16. The molecule has 0 radical (unpaired) electrons. The average molecular weight is 581 g/mol. The third-order valence-corrected chi connectivity index (χ3v) is 8.06. The molecule has 0 aliphatic carbocycles. The van der Waals surface area contributed by atoms with Crippen LogP contribution in [-0.4, -0.2) is 34.4 Å². The van der Waals surface area contributed by atoms with Crippen molar-refractivity contribution < 1.29 is 24.5 Å². The van der Waals surface area contributed by atoms with Crippen molar-refractivity contribution in [2.24, 2.45) is 0 Å². The highest BCUT2D eigenvalue weighted by molar-refractivity contribution is 5.69. The Morgan fingerprint density at radius 1 is 0.585 bits per heavy atom. The lowest BCUT2D eigenvalue weighted by Crippen LogP contribution is -2.17. The summed E-state index contributed by atoms with van der Waals surface area (Å²) in [6.07, 6.45) is 34.1. The number of carbonyl (C=O) groups is 2. The Balaban J connectivity index is 3.90. The van der Waals surface area contributed by atoms with Gasteiger partial charge in [-0.1, -0.05) is 135 Å². The first kappa shape index (κ1) is 39.6. The molecular formula is C36H68O5. The van der Waals surface area contributed by atoms with E-state index < -0.39 is 5.97 Å². The number of ether oxygens (including phenoxy) is 1. The lowest BCUT2D eigenvalue weighted by atomic mass is 10.0. The van der Waals surface area contributed by atoms with Gasteiger partial charge in [0, 0.05) is 19.3 Å². The molecule has 0 aromatic heterocycles. The van der Waals surface area contributed by atoms with E-state index in [9.17, 15) is 14.7 Å². The van der Waals surface area contributed by atoms with Gasteiger partial charge in [-0.3, -0.25) is 9.59 Å². The fourth-order valence-corrected chi connectivity index (χ4v) is 5.36. The number of carboxylic acid groups (broad SMARTS) is 1. The van der Waals surface area contributed by atoms with Gasteiger partial charge in [-0.25, -0.2) is 0 Å². The number of rotatable bonds is 32. The van der Waals surface area contributed by atoms with Crippen molar-refractivity contribution in [2.45, 2.75) is 206 Å². The molecule has 1 unspecified atom stereocenters. The maximum atomic E-state index is 12.5. The predicted octanol–water partition coefficient (Wildman–Crippen LogP) is 10.9. The molecule has 5 heteroatoms. The van der Waals surface area contributed by atoms with Gasteiger partial charge < -0.3 is 14.9 Å². The van der Waals surface area contributed by atoms with E-state index in [1.54, 1.807) is 0 Å². The Morgan fingerprint density at radius 3 is 1.61 bits per heavy atom. The molecule has 0 aromatic rings. The first-order chi connectivity index (χ1) is 20.0. The van der Waals surface area contributed by atoms with Crippen molar-refractivity contribution in [3.05, 3.63) is 12.2 Å². The van der Waals surface area contributed by atoms with Crippen LogP contribution in [0.3, 0.4) is 0 Å². The van der Waals surface area contributed by atoms with E-state index in [4.69, 9.17) is 9.84 Å². The van der Waals surface area contributed by atoms with Crippen molar-refractivity contribution >= 4 is 11.9 Å². The molecule has 41 heavy (non-hydrogen) atoms. The number of aliphatic carboxylic acids is 1. The van der Waals surface area contributed by atoms with Gasteiger partial charge in [0.1, 0.15) is 6.10 Å². The molecule has 0 saturated heterocycles. The zero-order valence-electron chi connectivity index (χ0n) is 27.2. The minimum Gasteiger partial charge on any atom is -0.481 e. The molecule has 0 saturated carbocycles. The Bertz CT molecular complexity index is 603. The number of hydrogen-bond donors (Lipinski definition) is 2. The highest BCUT2D eigenvalue weighted by Crippen LogP contribution is 2.17. The van der Waals surface area contributed by atoms with Crippen molar-refractivity contribution in [3.63, 3.8) is 0 Å². The monoisotopic (exact) mass is 581 g/mol. The van der Waals surface area contributed by atoms with Crippen LogP contribution >= 0.6 is 0 Å². The largest absolute Gasteiger partial charge is 0.481 e. The van der Waals surface area contributed by atoms with Crippen LogP contribution in [0.1, 0.15) is 194 Å². The summed E-state index contributed by atoms with van der Waals surface area (Å²) in [5.74, 6) is -0.732. The number of aliphatic hydroxyl groups is 1. The number of unbranched alkanes of at least 4 members (excludes halogenated alkanes) is 18. The second-order valence-electron chi connectivity index (χ2n) is 12.2. The van der Waals surface area contributed by atoms with Crippen LogP contribution < -0.4 is 0 Å². The molecule has 0 spiro atoms. The molecule has 0 amide bonds. The Labute approximate surface area is 254 Å². The summed E-state index contributed by atoms with van der Waals surface area (Å²) in [7, 11) is 0. The number of carbonyl (C=O) groups excluding carboxylic acids is 1. The van der Waals surface area contributed by atoms with Gasteiger partial charge in [-0.05, 0) is 51.4 Å². The molecule has 0 bridgehead atoms. The fraction of sp³-hybridized carbons (Fsp3) is 0.889. The minimum absolute atomic E-state index is 0.00137. The standard InChI is InChI=1S/C36H68O5/c1-3-5-7-21-27-33(37)28-22-17-13-9-12-16-20-26-32-36(40)41-34(29-23-8-6-4-2)30-24-18-14-10-11-15-19-25-31-35(38)39/h18,24,33-34,37H,3-17,19-23,25-32H2,1-2H3,(H,38,39)/t33?,34-/m1/s1. The van der Waals surface area contributed by atoms with Crippen molar-refractivity contribution in [3.8, 4) is 0 Å². The smallest absolute Gasteiger partial charge is 0.306 e. The molecule has 0 aromatic carbocycles. The van der Waals surface area contributed by atoms with Gasteiger partial charge in [0.05, 0.1) is 6.10 Å². The summed E-state index contributed by atoms with van der Waals surface area (Å²) in [6.45, 7) is 4.44. The maximum absolute atomic E-state index is 12.5. The predicted molar refractivity (Wildman–Crippen MR) is 173 cm³/mol.